The number of fused-ring (bicyclic) bond motifs is 2. The third-order valence-corrected chi connectivity index (χ3v) is 4.69. The molecule has 19 heavy (non-hydrogen) atoms. The molecule has 1 heterocycles. The van der Waals surface area contributed by atoms with Gasteiger partial charge in [0.15, 0.2) is 0 Å². The van der Waals surface area contributed by atoms with Crippen molar-refractivity contribution in [2.24, 2.45) is 17.8 Å². The molecule has 0 saturated heterocycles. The highest BCUT2D eigenvalue weighted by molar-refractivity contribution is 5.72. The summed E-state index contributed by atoms with van der Waals surface area (Å²) in [5.74, 6) is 0.0771. The van der Waals surface area contributed by atoms with Gasteiger partial charge in [0.25, 0.3) is 0 Å². The van der Waals surface area contributed by atoms with E-state index < -0.39 is 5.97 Å². The third kappa shape index (κ3) is 2.37. The molecule has 0 radical (unpaired) electrons. The van der Waals surface area contributed by atoms with Gasteiger partial charge in [-0.25, -0.2) is 0 Å². The molecule has 2 N–H and O–H groups in total. The first kappa shape index (κ1) is 12.6. The Bertz CT molecular complexity index is 472. The highest BCUT2D eigenvalue weighted by Gasteiger charge is 2.50. The number of rotatable bonds is 4. The van der Waals surface area contributed by atoms with Crippen LogP contribution in [0.5, 0.6) is 0 Å². The predicted molar refractivity (Wildman–Crippen MR) is 71.6 cm³/mol. The van der Waals surface area contributed by atoms with Gasteiger partial charge in [-0.15, -0.1) is 0 Å². The molecule has 0 aliphatic heterocycles. The van der Waals surface area contributed by atoms with E-state index in [4.69, 9.17) is 0 Å². The van der Waals surface area contributed by atoms with Crippen molar-refractivity contribution >= 4 is 5.97 Å². The molecule has 4 unspecified atom stereocenters. The van der Waals surface area contributed by atoms with Crippen LogP contribution in [0, 0.1) is 24.7 Å². The van der Waals surface area contributed by atoms with Gasteiger partial charge in [-0.1, -0.05) is 6.07 Å². The number of aromatic nitrogens is 1. The van der Waals surface area contributed by atoms with E-state index in [1.165, 1.54) is 6.42 Å². The first-order chi connectivity index (χ1) is 9.15. The molecule has 4 nitrogen and oxygen atoms in total. The number of nitrogens with one attached hydrogen (secondary N) is 1. The lowest BCUT2D eigenvalue weighted by Gasteiger charge is -2.28. The van der Waals surface area contributed by atoms with Gasteiger partial charge in [-0.3, -0.25) is 9.78 Å². The summed E-state index contributed by atoms with van der Waals surface area (Å²) in [4.78, 5) is 15.8. The maximum Gasteiger partial charge on any atom is 0.308 e. The highest BCUT2D eigenvalue weighted by Crippen LogP contribution is 2.48. The summed E-state index contributed by atoms with van der Waals surface area (Å²) in [7, 11) is 0. The predicted octanol–water partition coefficient (Wildman–Crippen LogP) is 1.98. The quantitative estimate of drug-likeness (QED) is 0.869. The first-order valence-corrected chi connectivity index (χ1v) is 7.03. The van der Waals surface area contributed by atoms with Gasteiger partial charge < -0.3 is 10.4 Å². The normalized spacial score (nSPS) is 32.7. The molecular formula is C15H20N2O2. The fourth-order valence-electron chi connectivity index (χ4n) is 3.77. The van der Waals surface area contributed by atoms with Crippen molar-refractivity contribution in [1.29, 1.82) is 0 Å². The summed E-state index contributed by atoms with van der Waals surface area (Å²) in [6.45, 7) is 2.68. The average Bonchev–Trinajstić information content (AvgIpc) is 2.98. The van der Waals surface area contributed by atoms with Gasteiger partial charge in [-0.05, 0) is 49.7 Å². The number of aliphatic carboxylic acids is 1. The van der Waals surface area contributed by atoms with E-state index in [-0.39, 0.29) is 12.0 Å². The van der Waals surface area contributed by atoms with Crippen LogP contribution in [-0.2, 0) is 11.3 Å². The maximum absolute atomic E-state index is 11.4. The smallest absolute Gasteiger partial charge is 0.308 e. The monoisotopic (exact) mass is 260 g/mol. The van der Waals surface area contributed by atoms with Crippen LogP contribution in [0.4, 0.5) is 0 Å². The van der Waals surface area contributed by atoms with E-state index >= 15 is 0 Å². The maximum atomic E-state index is 11.4. The minimum atomic E-state index is -0.637. The lowest BCUT2D eigenvalue weighted by Crippen LogP contribution is -2.43. The van der Waals surface area contributed by atoms with Gasteiger partial charge >= 0.3 is 5.97 Å². The summed E-state index contributed by atoms with van der Waals surface area (Å²) < 4.78 is 0. The van der Waals surface area contributed by atoms with Crippen LogP contribution in [-0.4, -0.2) is 22.1 Å². The number of pyridine rings is 1. The number of carboxylic acid groups (broad SMARTS) is 1. The molecule has 2 bridgehead atoms. The number of hydrogen-bond donors (Lipinski definition) is 2. The molecule has 2 fully saturated rings. The third-order valence-electron chi connectivity index (χ3n) is 4.69. The van der Waals surface area contributed by atoms with Crippen molar-refractivity contribution < 1.29 is 9.90 Å². The average molecular weight is 260 g/mol. The Labute approximate surface area is 113 Å². The Balaban J connectivity index is 1.65. The van der Waals surface area contributed by atoms with Gasteiger partial charge in [-0.2, -0.15) is 0 Å². The molecule has 102 valence electrons. The van der Waals surface area contributed by atoms with E-state index in [1.54, 1.807) is 0 Å². The van der Waals surface area contributed by atoms with Crippen LogP contribution < -0.4 is 5.32 Å². The summed E-state index contributed by atoms with van der Waals surface area (Å²) in [5.41, 5.74) is 2.13. The Kier molecular flexibility index (Phi) is 3.27. The van der Waals surface area contributed by atoms with Gasteiger partial charge in [0, 0.05) is 18.8 Å². The molecule has 3 rings (SSSR count). The molecule has 0 aromatic carbocycles. The molecule has 1 aromatic heterocycles. The molecule has 4 atom stereocenters. The Morgan fingerprint density at radius 1 is 1.42 bits per heavy atom. The van der Waals surface area contributed by atoms with Crippen LogP contribution in [0.3, 0.4) is 0 Å². The zero-order chi connectivity index (χ0) is 13.4. The number of aryl methyl sites for hydroxylation is 1. The summed E-state index contributed by atoms with van der Waals surface area (Å²) in [6, 6.07) is 4.17. The second-order valence-corrected chi connectivity index (χ2v) is 5.93. The first-order valence-electron chi connectivity index (χ1n) is 7.03. The largest absolute Gasteiger partial charge is 0.481 e. The van der Waals surface area contributed by atoms with Gasteiger partial charge in [0.2, 0.25) is 0 Å². The lowest BCUT2D eigenvalue weighted by molar-refractivity contribution is -0.144. The van der Waals surface area contributed by atoms with Gasteiger partial charge in [0.1, 0.15) is 0 Å². The minimum absolute atomic E-state index is 0.124. The Hall–Kier alpha value is -1.42. The molecule has 2 saturated carbocycles. The standard InChI is InChI=1S/C15H20N2O2/c1-9-2-5-12(16-7-9)8-17-14-11-4-3-10(6-11)13(14)15(18)19/h2,5,7,10-11,13-14,17H,3-4,6,8H2,1H3,(H,18,19). The molecule has 2 aliphatic carbocycles. The van der Waals surface area contributed by atoms with Crippen LogP contribution in [0.25, 0.3) is 0 Å². The van der Waals surface area contributed by atoms with E-state index in [1.807, 2.05) is 25.3 Å². The zero-order valence-corrected chi connectivity index (χ0v) is 11.2. The van der Waals surface area contributed by atoms with E-state index in [2.05, 4.69) is 10.3 Å². The van der Waals surface area contributed by atoms with Crippen molar-refractivity contribution in [3.05, 3.63) is 29.6 Å². The Morgan fingerprint density at radius 3 is 2.89 bits per heavy atom. The second-order valence-electron chi connectivity index (χ2n) is 5.93. The molecule has 4 heteroatoms. The second kappa shape index (κ2) is 4.93. The highest BCUT2D eigenvalue weighted by atomic mass is 16.4. The van der Waals surface area contributed by atoms with Crippen molar-refractivity contribution in [3.63, 3.8) is 0 Å². The molecular weight excluding hydrogens is 240 g/mol. The molecule has 1 aromatic rings. The number of carboxylic acids is 1. The molecule has 0 amide bonds. The fraction of sp³-hybridized carbons (Fsp3) is 0.600. The van der Waals surface area contributed by atoms with E-state index in [0.29, 0.717) is 18.4 Å². The molecule has 0 spiro atoms. The van der Waals surface area contributed by atoms with Crippen molar-refractivity contribution in [2.75, 3.05) is 0 Å². The fourth-order valence-corrected chi connectivity index (χ4v) is 3.77. The number of hydrogen-bond acceptors (Lipinski definition) is 3. The van der Waals surface area contributed by atoms with Crippen LogP contribution in [0.2, 0.25) is 0 Å². The van der Waals surface area contributed by atoms with Crippen molar-refractivity contribution in [2.45, 2.75) is 38.8 Å². The SMILES string of the molecule is Cc1ccc(CNC2C3CCC(C3)C2C(=O)O)nc1. The minimum Gasteiger partial charge on any atom is -0.481 e. The zero-order valence-electron chi connectivity index (χ0n) is 11.2. The summed E-state index contributed by atoms with van der Waals surface area (Å²) >= 11 is 0. The summed E-state index contributed by atoms with van der Waals surface area (Å²) in [5, 5.41) is 12.8. The van der Waals surface area contributed by atoms with E-state index in [9.17, 15) is 9.90 Å². The van der Waals surface area contributed by atoms with Crippen molar-refractivity contribution in [3.8, 4) is 0 Å². The molecule has 2 aliphatic rings. The lowest BCUT2D eigenvalue weighted by atomic mass is 9.84. The van der Waals surface area contributed by atoms with Crippen LogP contribution in [0.15, 0.2) is 18.3 Å². The van der Waals surface area contributed by atoms with Crippen LogP contribution >= 0.6 is 0 Å². The van der Waals surface area contributed by atoms with Crippen LogP contribution in [0.1, 0.15) is 30.5 Å². The topological polar surface area (TPSA) is 62.2 Å². The van der Waals surface area contributed by atoms with Gasteiger partial charge in [0.05, 0.1) is 11.6 Å². The van der Waals surface area contributed by atoms with Crippen molar-refractivity contribution in [1.82, 2.24) is 10.3 Å². The number of carbonyl (C=O) groups is 1. The van der Waals surface area contributed by atoms with E-state index in [0.717, 1.165) is 24.1 Å². The number of nitrogens with zero attached hydrogens (tertiary/aromatic N) is 1. The summed E-state index contributed by atoms with van der Waals surface area (Å²) in [6.07, 6.45) is 5.19. The Morgan fingerprint density at radius 2 is 2.21 bits per heavy atom.